The fourth-order valence-electron chi connectivity index (χ4n) is 1.45. The van der Waals surface area contributed by atoms with Crippen molar-refractivity contribution in [2.45, 2.75) is 25.9 Å². The Kier molecular flexibility index (Phi) is 5.35. The summed E-state index contributed by atoms with van der Waals surface area (Å²) in [5.41, 5.74) is 0. The summed E-state index contributed by atoms with van der Waals surface area (Å²) < 4.78 is 11.0. The van der Waals surface area contributed by atoms with Gasteiger partial charge in [0.1, 0.15) is 0 Å². The van der Waals surface area contributed by atoms with Crippen molar-refractivity contribution in [2.24, 2.45) is 5.92 Å². The first-order chi connectivity index (χ1) is 6.33. The fraction of sp³-hybridized carbons (Fsp3) is 1.00. The van der Waals surface area contributed by atoms with Crippen molar-refractivity contribution in [1.82, 2.24) is 5.32 Å². The molecule has 2 unspecified atom stereocenters. The average molecular weight is 187 g/mol. The van der Waals surface area contributed by atoms with Crippen LogP contribution >= 0.6 is 0 Å². The van der Waals surface area contributed by atoms with E-state index in [-0.39, 0.29) is 0 Å². The predicted molar refractivity (Wildman–Crippen MR) is 52.9 cm³/mol. The third-order valence-electron chi connectivity index (χ3n) is 2.44. The Hall–Kier alpha value is -0.120. The Morgan fingerprint density at radius 3 is 3.08 bits per heavy atom. The van der Waals surface area contributed by atoms with Gasteiger partial charge in [-0.15, -0.1) is 0 Å². The minimum Gasteiger partial charge on any atom is -0.381 e. The van der Waals surface area contributed by atoms with E-state index in [0.29, 0.717) is 12.0 Å². The third kappa shape index (κ3) is 4.60. The molecular weight excluding hydrogens is 166 g/mol. The molecule has 0 aliphatic carbocycles. The Balaban J connectivity index is 1.97. The summed E-state index contributed by atoms with van der Waals surface area (Å²) in [4.78, 5) is 0. The molecule has 3 heteroatoms. The van der Waals surface area contributed by atoms with Crippen LogP contribution < -0.4 is 5.32 Å². The van der Waals surface area contributed by atoms with Crippen molar-refractivity contribution in [3.63, 3.8) is 0 Å². The van der Waals surface area contributed by atoms with Gasteiger partial charge in [0.2, 0.25) is 0 Å². The normalized spacial score (nSPS) is 24.9. The van der Waals surface area contributed by atoms with E-state index in [2.05, 4.69) is 12.2 Å². The maximum atomic E-state index is 5.71. The molecule has 0 spiro atoms. The van der Waals surface area contributed by atoms with Crippen LogP contribution in [0.5, 0.6) is 0 Å². The van der Waals surface area contributed by atoms with Gasteiger partial charge < -0.3 is 14.8 Å². The molecule has 1 aliphatic heterocycles. The lowest BCUT2D eigenvalue weighted by Crippen LogP contribution is -2.20. The molecule has 1 rings (SSSR count). The summed E-state index contributed by atoms with van der Waals surface area (Å²) in [5, 5.41) is 3.12. The van der Waals surface area contributed by atoms with E-state index in [1.54, 1.807) is 0 Å². The van der Waals surface area contributed by atoms with Gasteiger partial charge in [-0.3, -0.25) is 0 Å². The molecule has 0 saturated carbocycles. The zero-order valence-electron chi connectivity index (χ0n) is 8.71. The predicted octanol–water partition coefficient (Wildman–Crippen LogP) is 1.04. The number of nitrogens with one attached hydrogen (secondary N) is 1. The van der Waals surface area contributed by atoms with Gasteiger partial charge in [0.25, 0.3) is 0 Å². The molecule has 1 heterocycles. The first-order valence-corrected chi connectivity index (χ1v) is 5.17. The maximum Gasteiger partial charge on any atom is 0.0559 e. The molecular formula is C10H21NO2. The highest BCUT2D eigenvalue weighted by molar-refractivity contribution is 4.64. The monoisotopic (exact) mass is 187 g/mol. The molecule has 78 valence electrons. The molecule has 1 saturated heterocycles. The van der Waals surface area contributed by atoms with Crippen LogP contribution in [-0.4, -0.2) is 39.5 Å². The second kappa shape index (κ2) is 6.35. The number of ether oxygens (including phenoxy) is 2. The minimum atomic E-state index is 0.369. The molecule has 1 aliphatic rings. The van der Waals surface area contributed by atoms with E-state index >= 15 is 0 Å². The van der Waals surface area contributed by atoms with Crippen LogP contribution in [-0.2, 0) is 9.47 Å². The largest absolute Gasteiger partial charge is 0.381 e. The molecule has 1 N–H and O–H groups in total. The van der Waals surface area contributed by atoms with E-state index in [0.717, 1.165) is 32.8 Å². The minimum absolute atomic E-state index is 0.369. The van der Waals surface area contributed by atoms with E-state index in [1.807, 2.05) is 7.05 Å². The first-order valence-electron chi connectivity index (χ1n) is 5.17. The Morgan fingerprint density at radius 1 is 1.62 bits per heavy atom. The van der Waals surface area contributed by atoms with Gasteiger partial charge >= 0.3 is 0 Å². The third-order valence-corrected chi connectivity index (χ3v) is 2.44. The summed E-state index contributed by atoms with van der Waals surface area (Å²) in [7, 11) is 1.97. The van der Waals surface area contributed by atoms with Crippen molar-refractivity contribution in [1.29, 1.82) is 0 Å². The molecule has 1 fully saturated rings. The molecule has 0 aromatic rings. The van der Waals surface area contributed by atoms with Crippen LogP contribution in [0.25, 0.3) is 0 Å². The molecule has 0 aromatic carbocycles. The highest BCUT2D eigenvalue weighted by Crippen LogP contribution is 2.13. The lowest BCUT2D eigenvalue weighted by atomic mass is 10.1. The zero-order valence-corrected chi connectivity index (χ0v) is 8.71. The quantitative estimate of drug-likeness (QED) is 0.674. The zero-order chi connectivity index (χ0) is 9.52. The highest BCUT2D eigenvalue weighted by Gasteiger charge is 2.16. The van der Waals surface area contributed by atoms with Crippen molar-refractivity contribution in [3.05, 3.63) is 0 Å². The van der Waals surface area contributed by atoms with Crippen LogP contribution in [0.1, 0.15) is 19.8 Å². The van der Waals surface area contributed by atoms with Crippen molar-refractivity contribution >= 4 is 0 Å². The SMILES string of the molecule is CNCCC(C)OCC1CCOC1. The van der Waals surface area contributed by atoms with Gasteiger partial charge in [-0.1, -0.05) is 0 Å². The van der Waals surface area contributed by atoms with Crippen LogP contribution in [0.2, 0.25) is 0 Å². The Morgan fingerprint density at radius 2 is 2.46 bits per heavy atom. The second-order valence-electron chi connectivity index (χ2n) is 3.77. The highest BCUT2D eigenvalue weighted by atomic mass is 16.5. The number of hydrogen-bond donors (Lipinski definition) is 1. The van der Waals surface area contributed by atoms with E-state index in [4.69, 9.17) is 9.47 Å². The van der Waals surface area contributed by atoms with Crippen molar-refractivity contribution in [3.8, 4) is 0 Å². The second-order valence-corrected chi connectivity index (χ2v) is 3.77. The summed E-state index contributed by atoms with van der Waals surface area (Å²) in [5.74, 6) is 0.636. The molecule has 0 bridgehead atoms. The molecule has 0 amide bonds. The molecule has 2 atom stereocenters. The van der Waals surface area contributed by atoms with E-state index < -0.39 is 0 Å². The lowest BCUT2D eigenvalue weighted by molar-refractivity contribution is 0.0326. The van der Waals surface area contributed by atoms with Gasteiger partial charge in [-0.05, 0) is 33.4 Å². The Bertz CT molecular complexity index is 124. The van der Waals surface area contributed by atoms with Gasteiger partial charge in [0, 0.05) is 12.5 Å². The summed E-state index contributed by atoms with van der Waals surface area (Å²) in [6.45, 7) is 5.83. The smallest absolute Gasteiger partial charge is 0.0559 e. The van der Waals surface area contributed by atoms with Gasteiger partial charge in [-0.25, -0.2) is 0 Å². The topological polar surface area (TPSA) is 30.5 Å². The summed E-state index contributed by atoms with van der Waals surface area (Å²) in [6, 6.07) is 0. The van der Waals surface area contributed by atoms with Crippen LogP contribution in [0.15, 0.2) is 0 Å². The van der Waals surface area contributed by atoms with Gasteiger partial charge in [0.15, 0.2) is 0 Å². The number of rotatable bonds is 6. The summed E-state index contributed by atoms with van der Waals surface area (Å²) >= 11 is 0. The standard InChI is InChI=1S/C10H21NO2/c1-9(3-5-11-2)13-8-10-4-6-12-7-10/h9-11H,3-8H2,1-2H3. The molecule has 0 aromatic heterocycles. The molecule has 13 heavy (non-hydrogen) atoms. The molecule has 0 radical (unpaired) electrons. The average Bonchev–Trinajstić information content (AvgIpc) is 2.64. The van der Waals surface area contributed by atoms with Gasteiger partial charge in [-0.2, -0.15) is 0 Å². The van der Waals surface area contributed by atoms with Crippen LogP contribution in [0, 0.1) is 5.92 Å². The fourth-order valence-corrected chi connectivity index (χ4v) is 1.45. The molecule has 3 nitrogen and oxygen atoms in total. The van der Waals surface area contributed by atoms with Crippen molar-refractivity contribution < 1.29 is 9.47 Å². The Labute approximate surface area is 80.8 Å². The van der Waals surface area contributed by atoms with Crippen LogP contribution in [0.3, 0.4) is 0 Å². The lowest BCUT2D eigenvalue weighted by Gasteiger charge is -2.15. The number of hydrogen-bond acceptors (Lipinski definition) is 3. The first kappa shape index (κ1) is 11.0. The summed E-state index contributed by atoms with van der Waals surface area (Å²) in [6.07, 6.45) is 2.62. The maximum absolute atomic E-state index is 5.71. The van der Waals surface area contributed by atoms with Crippen LogP contribution in [0.4, 0.5) is 0 Å². The van der Waals surface area contributed by atoms with Crippen molar-refractivity contribution in [2.75, 3.05) is 33.4 Å². The van der Waals surface area contributed by atoms with Gasteiger partial charge in [0.05, 0.1) is 19.3 Å². The van der Waals surface area contributed by atoms with E-state index in [1.165, 1.54) is 6.42 Å². The van der Waals surface area contributed by atoms with E-state index in [9.17, 15) is 0 Å².